The van der Waals surface area contributed by atoms with E-state index in [2.05, 4.69) is 41.4 Å². The topological polar surface area (TPSA) is 15.3 Å². The first-order valence-electron chi connectivity index (χ1n) is 7.30. The van der Waals surface area contributed by atoms with Gasteiger partial charge in [-0.2, -0.15) is 0 Å². The fraction of sp³-hybridized carbons (Fsp3) is 0.412. The molecule has 0 aliphatic carbocycles. The molecule has 0 amide bonds. The molecular formula is C17H22ClFN2. The van der Waals surface area contributed by atoms with Crippen LogP contribution < -0.4 is 5.32 Å². The molecule has 114 valence electrons. The monoisotopic (exact) mass is 308 g/mol. The van der Waals surface area contributed by atoms with Crippen LogP contribution >= 0.6 is 12.4 Å². The van der Waals surface area contributed by atoms with Gasteiger partial charge in [0.05, 0.1) is 6.04 Å². The maximum Gasteiger partial charge on any atom is 0.109 e. The molecule has 1 saturated heterocycles. The van der Waals surface area contributed by atoms with Crippen molar-refractivity contribution in [1.29, 1.82) is 0 Å². The molecule has 1 aliphatic heterocycles. The minimum Gasteiger partial charge on any atom is -0.314 e. The summed E-state index contributed by atoms with van der Waals surface area (Å²) in [5.41, 5.74) is 2.37. The Labute approximate surface area is 131 Å². The summed E-state index contributed by atoms with van der Waals surface area (Å²) in [6, 6.07) is 12.4. The summed E-state index contributed by atoms with van der Waals surface area (Å²) >= 11 is 0. The van der Waals surface area contributed by atoms with Gasteiger partial charge in [0.1, 0.15) is 6.67 Å². The van der Waals surface area contributed by atoms with Crippen LogP contribution in [-0.4, -0.2) is 37.8 Å². The molecule has 0 spiro atoms. The van der Waals surface area contributed by atoms with E-state index in [9.17, 15) is 4.39 Å². The number of benzene rings is 2. The van der Waals surface area contributed by atoms with Gasteiger partial charge < -0.3 is 5.32 Å². The van der Waals surface area contributed by atoms with Gasteiger partial charge in [0.15, 0.2) is 0 Å². The predicted molar refractivity (Wildman–Crippen MR) is 89.1 cm³/mol. The largest absolute Gasteiger partial charge is 0.314 e. The van der Waals surface area contributed by atoms with Gasteiger partial charge in [0.25, 0.3) is 0 Å². The maximum atomic E-state index is 13.7. The van der Waals surface area contributed by atoms with Gasteiger partial charge in [-0.15, -0.1) is 12.4 Å². The first-order chi connectivity index (χ1) is 9.81. The van der Waals surface area contributed by atoms with Crippen molar-refractivity contribution in [3.05, 3.63) is 47.5 Å². The Balaban J connectivity index is 0.00000161. The molecule has 0 aromatic heterocycles. The molecule has 4 heteroatoms. The highest BCUT2D eigenvalue weighted by Gasteiger charge is 2.23. The lowest BCUT2D eigenvalue weighted by Crippen LogP contribution is -2.45. The summed E-state index contributed by atoms with van der Waals surface area (Å²) in [4.78, 5) is 2.26. The number of alkyl halides is 1. The van der Waals surface area contributed by atoms with Crippen molar-refractivity contribution >= 4 is 23.2 Å². The Bertz CT molecular complexity index is 596. The number of nitrogens with zero attached hydrogens (tertiary/aromatic N) is 1. The Morgan fingerprint density at radius 1 is 1.10 bits per heavy atom. The van der Waals surface area contributed by atoms with E-state index in [1.165, 1.54) is 16.3 Å². The molecule has 2 nitrogen and oxygen atoms in total. The van der Waals surface area contributed by atoms with Gasteiger partial charge in [-0.3, -0.25) is 4.90 Å². The van der Waals surface area contributed by atoms with E-state index >= 15 is 0 Å². The third kappa shape index (κ3) is 3.20. The van der Waals surface area contributed by atoms with E-state index in [0.29, 0.717) is 0 Å². The molecule has 1 atom stereocenters. The quantitative estimate of drug-likeness (QED) is 0.934. The normalized spacial score (nSPS) is 17.4. The van der Waals surface area contributed by atoms with Gasteiger partial charge in [-0.1, -0.05) is 36.4 Å². The highest BCUT2D eigenvalue weighted by molar-refractivity contribution is 5.89. The fourth-order valence-electron chi connectivity index (χ4n) is 3.13. The lowest BCUT2D eigenvalue weighted by molar-refractivity contribution is 0.148. The summed E-state index contributed by atoms with van der Waals surface area (Å²) < 4.78 is 13.7. The third-order valence-corrected chi connectivity index (χ3v) is 4.27. The zero-order chi connectivity index (χ0) is 13.9. The van der Waals surface area contributed by atoms with E-state index in [4.69, 9.17) is 0 Å². The molecular weight excluding hydrogens is 287 g/mol. The molecule has 0 radical (unpaired) electrons. The van der Waals surface area contributed by atoms with Crippen LogP contribution in [-0.2, 0) is 0 Å². The Hall–Kier alpha value is -1.16. The van der Waals surface area contributed by atoms with Gasteiger partial charge >= 0.3 is 0 Å². The van der Waals surface area contributed by atoms with Crippen molar-refractivity contribution in [3.63, 3.8) is 0 Å². The average molecular weight is 309 g/mol. The second kappa shape index (κ2) is 7.21. The highest BCUT2D eigenvalue weighted by atomic mass is 35.5. The zero-order valence-corrected chi connectivity index (χ0v) is 13.1. The van der Waals surface area contributed by atoms with Crippen LogP contribution in [0.4, 0.5) is 4.39 Å². The van der Waals surface area contributed by atoms with Crippen molar-refractivity contribution in [2.45, 2.75) is 13.0 Å². The van der Waals surface area contributed by atoms with Crippen LogP contribution in [0, 0.1) is 6.92 Å². The molecule has 0 unspecified atom stereocenters. The van der Waals surface area contributed by atoms with Crippen molar-refractivity contribution < 1.29 is 4.39 Å². The predicted octanol–water partition coefficient (Wildman–Crippen LogP) is 3.49. The van der Waals surface area contributed by atoms with Crippen molar-refractivity contribution in [1.82, 2.24) is 10.2 Å². The van der Waals surface area contributed by atoms with Crippen LogP contribution in [0.25, 0.3) is 10.8 Å². The number of rotatable bonds is 3. The number of hydrogen-bond acceptors (Lipinski definition) is 2. The first kappa shape index (κ1) is 16.2. The van der Waals surface area contributed by atoms with Crippen molar-refractivity contribution in [2.75, 3.05) is 32.9 Å². The molecule has 0 saturated carbocycles. The van der Waals surface area contributed by atoms with Crippen molar-refractivity contribution in [3.8, 4) is 0 Å². The minimum absolute atomic E-state index is 0. The zero-order valence-electron chi connectivity index (χ0n) is 12.3. The molecule has 1 N–H and O–H groups in total. The first-order valence-corrected chi connectivity index (χ1v) is 7.30. The molecule has 1 aliphatic rings. The SMILES string of the molecule is Cc1ccc([C@@H](CF)N2CCNCC2)c2ccccc12.Cl. The molecule has 2 aromatic carbocycles. The van der Waals surface area contributed by atoms with Crippen LogP contribution in [0.2, 0.25) is 0 Å². The molecule has 21 heavy (non-hydrogen) atoms. The molecule has 1 heterocycles. The van der Waals surface area contributed by atoms with Gasteiger partial charge in [-0.05, 0) is 28.8 Å². The van der Waals surface area contributed by atoms with Gasteiger partial charge in [-0.25, -0.2) is 4.39 Å². The van der Waals surface area contributed by atoms with Crippen LogP contribution in [0.5, 0.6) is 0 Å². The van der Waals surface area contributed by atoms with Crippen LogP contribution in [0.1, 0.15) is 17.2 Å². The fourth-order valence-corrected chi connectivity index (χ4v) is 3.13. The minimum atomic E-state index is -0.326. The summed E-state index contributed by atoms with van der Waals surface area (Å²) in [6.07, 6.45) is 0. The molecule has 3 rings (SSSR count). The van der Waals surface area contributed by atoms with Gasteiger partial charge in [0.2, 0.25) is 0 Å². The lowest BCUT2D eigenvalue weighted by atomic mass is 9.95. The number of hydrogen-bond donors (Lipinski definition) is 1. The van der Waals surface area contributed by atoms with Crippen molar-refractivity contribution in [2.24, 2.45) is 0 Å². The van der Waals surface area contributed by atoms with E-state index in [1.807, 2.05) is 12.1 Å². The Morgan fingerprint density at radius 2 is 1.76 bits per heavy atom. The van der Waals surface area contributed by atoms with Crippen LogP contribution in [0.3, 0.4) is 0 Å². The second-order valence-electron chi connectivity index (χ2n) is 5.47. The lowest BCUT2D eigenvalue weighted by Gasteiger charge is -2.34. The summed E-state index contributed by atoms with van der Waals surface area (Å²) in [6.45, 7) is 5.50. The van der Waals surface area contributed by atoms with Gasteiger partial charge in [0, 0.05) is 26.2 Å². The molecule has 1 fully saturated rings. The number of fused-ring (bicyclic) bond motifs is 1. The summed E-state index contributed by atoms with van der Waals surface area (Å²) in [7, 11) is 0. The molecule has 2 aromatic rings. The standard InChI is InChI=1S/C17H21FN2.ClH/c1-13-6-7-16(15-5-3-2-4-14(13)15)17(12-18)20-10-8-19-9-11-20;/h2-7,17,19H,8-12H2,1H3;1H/t17-;/m1./s1. The Morgan fingerprint density at radius 3 is 2.43 bits per heavy atom. The Kier molecular flexibility index (Phi) is 5.57. The smallest absolute Gasteiger partial charge is 0.109 e. The number of nitrogens with one attached hydrogen (secondary N) is 1. The second-order valence-corrected chi connectivity index (χ2v) is 5.47. The molecule has 0 bridgehead atoms. The number of halogens is 2. The van der Waals surface area contributed by atoms with E-state index in [0.717, 1.165) is 31.7 Å². The van der Waals surface area contributed by atoms with E-state index in [1.54, 1.807) is 0 Å². The highest BCUT2D eigenvalue weighted by Crippen LogP contribution is 2.30. The number of piperazine rings is 1. The summed E-state index contributed by atoms with van der Waals surface area (Å²) in [5, 5.41) is 5.75. The van der Waals surface area contributed by atoms with E-state index in [-0.39, 0.29) is 25.1 Å². The average Bonchev–Trinajstić information content (AvgIpc) is 2.52. The van der Waals surface area contributed by atoms with E-state index < -0.39 is 0 Å². The summed E-state index contributed by atoms with van der Waals surface area (Å²) in [5.74, 6) is 0. The van der Waals surface area contributed by atoms with Crippen LogP contribution in [0.15, 0.2) is 36.4 Å². The maximum absolute atomic E-state index is 13.7. The number of aryl methyl sites for hydroxylation is 1. The third-order valence-electron chi connectivity index (χ3n) is 4.27.